The molecule has 128 valence electrons. The Morgan fingerprint density at radius 2 is 1.71 bits per heavy atom. The Hall–Kier alpha value is -0.0900. The van der Waals surface area contributed by atoms with Gasteiger partial charge in [-0.15, -0.1) is 24.0 Å². The molecule has 0 amide bonds. The maximum Gasteiger partial charge on any atom is 0.208 e. The lowest BCUT2D eigenvalue weighted by Crippen LogP contribution is -2.39. The monoisotopic (exact) mass is 434 g/mol. The van der Waals surface area contributed by atoms with Crippen molar-refractivity contribution in [3.05, 3.63) is 0 Å². The van der Waals surface area contributed by atoms with Crippen molar-refractivity contribution in [3.8, 4) is 0 Å². The quantitative estimate of drug-likeness (QED) is 0.211. The predicted molar refractivity (Wildman–Crippen MR) is 101 cm³/mol. The first-order valence-electron chi connectivity index (χ1n) is 7.39. The van der Waals surface area contributed by atoms with E-state index in [1.165, 1.54) is 6.26 Å². The smallest absolute Gasteiger partial charge is 0.208 e. The van der Waals surface area contributed by atoms with Crippen LogP contribution in [0, 0.1) is 5.92 Å². The summed E-state index contributed by atoms with van der Waals surface area (Å²) in [7, 11) is -3.09. The van der Waals surface area contributed by atoms with Crippen LogP contribution in [-0.4, -0.2) is 46.8 Å². The van der Waals surface area contributed by atoms with Gasteiger partial charge >= 0.3 is 0 Å². The molecule has 8 heteroatoms. The minimum absolute atomic E-state index is 0. The van der Waals surface area contributed by atoms with Gasteiger partial charge in [0, 0.05) is 26.2 Å². The average molecular weight is 434 g/mol. The van der Waals surface area contributed by atoms with E-state index in [9.17, 15) is 8.42 Å². The Kier molecular flexibility index (Phi) is 15.0. The molecule has 0 aromatic rings. The predicted octanol–water partition coefficient (Wildman–Crippen LogP) is 1.54. The van der Waals surface area contributed by atoms with Gasteiger partial charge in [-0.25, -0.2) is 13.1 Å². The van der Waals surface area contributed by atoms with Gasteiger partial charge in [0.2, 0.25) is 10.0 Å². The van der Waals surface area contributed by atoms with Gasteiger partial charge in [0.1, 0.15) is 0 Å². The van der Waals surface area contributed by atoms with Crippen LogP contribution in [0.1, 0.15) is 40.0 Å². The van der Waals surface area contributed by atoms with Crippen LogP contribution >= 0.6 is 24.0 Å². The topological polar surface area (TPSA) is 82.6 Å². The Morgan fingerprint density at radius 1 is 1.10 bits per heavy atom. The van der Waals surface area contributed by atoms with E-state index in [1.54, 1.807) is 0 Å². The summed E-state index contributed by atoms with van der Waals surface area (Å²) in [5.74, 6) is 1.43. The number of hydrogen-bond donors (Lipinski definition) is 3. The fourth-order valence-corrected chi connectivity index (χ4v) is 2.18. The van der Waals surface area contributed by atoms with Gasteiger partial charge in [0.05, 0.1) is 6.26 Å². The normalized spacial score (nSPS) is 12.1. The van der Waals surface area contributed by atoms with Gasteiger partial charge in [0.25, 0.3) is 0 Å². The van der Waals surface area contributed by atoms with Gasteiger partial charge in [-0.1, -0.05) is 26.7 Å². The second-order valence-electron chi connectivity index (χ2n) is 4.85. The Balaban J connectivity index is 0. The molecule has 0 radical (unpaired) electrons. The van der Waals surface area contributed by atoms with E-state index in [0.717, 1.165) is 38.3 Å². The molecule has 0 aromatic heterocycles. The van der Waals surface area contributed by atoms with E-state index < -0.39 is 10.0 Å². The van der Waals surface area contributed by atoms with E-state index in [0.29, 0.717) is 19.0 Å². The lowest BCUT2D eigenvalue weighted by molar-refractivity contribution is 0.504. The van der Waals surface area contributed by atoms with Crippen molar-refractivity contribution < 1.29 is 8.42 Å². The standard InChI is InChI=1S/C13H30N4O2S.HI/c1-5-12(6-2)11-16-13(14-7-3)15-9-8-10-17-20(4,18)19;/h12,17H,5-11H2,1-4H3,(H2,14,15,16);1H. The van der Waals surface area contributed by atoms with Crippen molar-refractivity contribution in [2.75, 3.05) is 32.4 Å². The third-order valence-corrected chi connectivity index (χ3v) is 3.75. The van der Waals surface area contributed by atoms with Crippen molar-refractivity contribution in [3.63, 3.8) is 0 Å². The van der Waals surface area contributed by atoms with Crippen LogP contribution in [0.15, 0.2) is 4.99 Å². The molecule has 0 aliphatic rings. The summed E-state index contributed by atoms with van der Waals surface area (Å²) in [6.07, 6.45) is 4.17. The van der Waals surface area contributed by atoms with Crippen molar-refractivity contribution in [2.45, 2.75) is 40.0 Å². The highest BCUT2D eigenvalue weighted by molar-refractivity contribution is 14.0. The van der Waals surface area contributed by atoms with E-state index in [2.05, 4.69) is 34.2 Å². The molecule has 6 nitrogen and oxygen atoms in total. The molecule has 0 aliphatic heterocycles. The van der Waals surface area contributed by atoms with Crippen molar-refractivity contribution in [1.29, 1.82) is 0 Å². The second-order valence-corrected chi connectivity index (χ2v) is 6.68. The van der Waals surface area contributed by atoms with Gasteiger partial charge in [-0.3, -0.25) is 4.99 Å². The molecule has 0 heterocycles. The summed E-state index contributed by atoms with van der Waals surface area (Å²) >= 11 is 0. The Morgan fingerprint density at radius 3 is 2.19 bits per heavy atom. The number of aliphatic imine (C=N–C) groups is 1. The SMILES string of the molecule is CCNC(=NCC(CC)CC)NCCCNS(C)(=O)=O.I. The van der Waals surface area contributed by atoms with Crippen LogP contribution in [0.3, 0.4) is 0 Å². The zero-order valence-electron chi connectivity index (χ0n) is 13.6. The van der Waals surface area contributed by atoms with E-state index >= 15 is 0 Å². The molecule has 0 saturated heterocycles. The van der Waals surface area contributed by atoms with Crippen molar-refractivity contribution in [1.82, 2.24) is 15.4 Å². The molecule has 0 atom stereocenters. The minimum Gasteiger partial charge on any atom is -0.357 e. The van der Waals surface area contributed by atoms with Gasteiger partial charge in [0.15, 0.2) is 5.96 Å². The van der Waals surface area contributed by atoms with Gasteiger partial charge in [-0.05, 0) is 19.3 Å². The van der Waals surface area contributed by atoms with Crippen LogP contribution in [0.25, 0.3) is 0 Å². The molecule has 0 fully saturated rings. The zero-order chi connectivity index (χ0) is 15.4. The molecule has 0 rings (SSSR count). The maximum atomic E-state index is 10.9. The molecule has 0 spiro atoms. The first-order valence-corrected chi connectivity index (χ1v) is 9.28. The Bertz CT molecular complexity index is 370. The summed E-state index contributed by atoms with van der Waals surface area (Å²) in [5.41, 5.74) is 0. The molecule has 0 aliphatic carbocycles. The lowest BCUT2D eigenvalue weighted by atomic mass is 10.0. The first kappa shape index (κ1) is 23.2. The highest BCUT2D eigenvalue weighted by Gasteiger charge is 2.04. The highest BCUT2D eigenvalue weighted by Crippen LogP contribution is 2.06. The summed E-state index contributed by atoms with van der Waals surface area (Å²) in [5, 5.41) is 6.41. The number of nitrogens with zero attached hydrogens (tertiary/aromatic N) is 1. The summed E-state index contributed by atoms with van der Waals surface area (Å²) in [4.78, 5) is 4.56. The summed E-state index contributed by atoms with van der Waals surface area (Å²) < 4.78 is 24.3. The number of sulfonamides is 1. The van der Waals surface area contributed by atoms with Crippen LogP contribution < -0.4 is 15.4 Å². The number of rotatable bonds is 10. The largest absolute Gasteiger partial charge is 0.357 e. The molecule has 3 N–H and O–H groups in total. The second kappa shape index (κ2) is 13.6. The lowest BCUT2D eigenvalue weighted by Gasteiger charge is -2.14. The minimum atomic E-state index is -3.09. The Labute approximate surface area is 147 Å². The van der Waals surface area contributed by atoms with E-state index in [-0.39, 0.29) is 24.0 Å². The maximum absolute atomic E-state index is 10.9. The number of halogens is 1. The fraction of sp³-hybridized carbons (Fsp3) is 0.923. The molecule has 0 unspecified atom stereocenters. The number of hydrogen-bond acceptors (Lipinski definition) is 3. The zero-order valence-corrected chi connectivity index (χ0v) is 16.8. The van der Waals surface area contributed by atoms with E-state index in [4.69, 9.17) is 0 Å². The molecule has 0 aromatic carbocycles. The summed E-state index contributed by atoms with van der Waals surface area (Å²) in [6.45, 7) is 9.16. The third-order valence-electron chi connectivity index (χ3n) is 3.02. The van der Waals surface area contributed by atoms with E-state index in [1.807, 2.05) is 6.92 Å². The molecule has 0 saturated carbocycles. The van der Waals surface area contributed by atoms with Crippen LogP contribution in [0.2, 0.25) is 0 Å². The average Bonchev–Trinajstić information content (AvgIpc) is 2.38. The van der Waals surface area contributed by atoms with Gasteiger partial charge < -0.3 is 10.6 Å². The highest BCUT2D eigenvalue weighted by atomic mass is 127. The van der Waals surface area contributed by atoms with Crippen LogP contribution in [0.5, 0.6) is 0 Å². The van der Waals surface area contributed by atoms with Gasteiger partial charge in [-0.2, -0.15) is 0 Å². The first-order chi connectivity index (χ1) is 9.42. The molecule has 21 heavy (non-hydrogen) atoms. The number of guanidine groups is 1. The molecular formula is C13H31IN4O2S. The number of nitrogens with one attached hydrogen (secondary N) is 3. The fourth-order valence-electron chi connectivity index (χ4n) is 1.66. The van der Waals surface area contributed by atoms with Crippen LogP contribution in [-0.2, 0) is 10.0 Å². The molecular weight excluding hydrogens is 403 g/mol. The summed E-state index contributed by atoms with van der Waals surface area (Å²) in [6, 6.07) is 0. The van der Waals surface area contributed by atoms with Crippen LogP contribution in [0.4, 0.5) is 0 Å². The van der Waals surface area contributed by atoms with Crippen molar-refractivity contribution in [2.24, 2.45) is 10.9 Å². The van der Waals surface area contributed by atoms with Crippen molar-refractivity contribution >= 4 is 40.0 Å². The third kappa shape index (κ3) is 14.6. The molecule has 0 bridgehead atoms.